The molecule has 3 heterocycles. The number of ether oxygens (including phenoxy) is 2. The van der Waals surface area contributed by atoms with Crippen LogP contribution in [0.5, 0.6) is 11.5 Å². The van der Waals surface area contributed by atoms with E-state index >= 15 is 0 Å². The summed E-state index contributed by atoms with van der Waals surface area (Å²) in [6.07, 6.45) is -3.13. The van der Waals surface area contributed by atoms with Gasteiger partial charge in [0.15, 0.2) is 11.6 Å². The average molecular weight is 542 g/mol. The van der Waals surface area contributed by atoms with Gasteiger partial charge >= 0.3 is 6.18 Å². The van der Waals surface area contributed by atoms with Crippen molar-refractivity contribution in [2.45, 2.75) is 12.6 Å². The molecule has 1 aromatic carbocycles. The number of hydrogen-bond donors (Lipinski definition) is 1. The van der Waals surface area contributed by atoms with E-state index in [4.69, 9.17) is 13.9 Å². The molecule has 0 saturated heterocycles. The van der Waals surface area contributed by atoms with Gasteiger partial charge in [0.05, 0.1) is 32.4 Å². The van der Waals surface area contributed by atoms with Gasteiger partial charge in [0.2, 0.25) is 27.6 Å². The molecular formula is C21H18F4N6O5S. The summed E-state index contributed by atoms with van der Waals surface area (Å²) in [5.74, 6) is -3.07. The fourth-order valence-corrected chi connectivity index (χ4v) is 4.23. The quantitative estimate of drug-likeness (QED) is 0.316. The number of furan rings is 1. The molecule has 0 radical (unpaired) electrons. The highest BCUT2D eigenvalue weighted by Crippen LogP contribution is 2.39. The molecule has 4 rings (SSSR count). The van der Waals surface area contributed by atoms with Crippen molar-refractivity contribution in [2.24, 2.45) is 0 Å². The van der Waals surface area contributed by atoms with Crippen molar-refractivity contribution >= 4 is 16.0 Å². The second-order valence-corrected chi connectivity index (χ2v) is 9.19. The van der Waals surface area contributed by atoms with Crippen LogP contribution in [0.1, 0.15) is 11.6 Å². The third-order valence-corrected chi connectivity index (χ3v) is 6.14. The molecule has 196 valence electrons. The summed E-state index contributed by atoms with van der Waals surface area (Å²) in [4.78, 5) is 7.43. The van der Waals surface area contributed by atoms with Crippen LogP contribution in [0.2, 0.25) is 0 Å². The molecule has 3 aromatic heterocycles. The number of aromatic nitrogens is 5. The van der Waals surface area contributed by atoms with E-state index in [0.717, 1.165) is 23.0 Å². The molecule has 0 amide bonds. The average Bonchev–Trinajstić information content (AvgIpc) is 3.50. The maximum absolute atomic E-state index is 13.2. The van der Waals surface area contributed by atoms with E-state index in [1.54, 1.807) is 6.07 Å². The monoisotopic (exact) mass is 542 g/mol. The maximum Gasteiger partial charge on any atom is 0.449 e. The first kappa shape index (κ1) is 25.9. The molecule has 0 aliphatic rings. The van der Waals surface area contributed by atoms with E-state index in [9.17, 15) is 26.0 Å². The molecule has 0 spiro atoms. The zero-order valence-corrected chi connectivity index (χ0v) is 20.0. The fraction of sp³-hybridized carbons (Fsp3) is 0.238. The molecular weight excluding hydrogens is 524 g/mol. The second-order valence-electron chi connectivity index (χ2n) is 7.34. The van der Waals surface area contributed by atoms with E-state index in [-0.39, 0.29) is 47.0 Å². The zero-order valence-electron chi connectivity index (χ0n) is 19.2. The first-order valence-electron chi connectivity index (χ1n) is 10.3. The summed E-state index contributed by atoms with van der Waals surface area (Å²) in [6, 6.07) is 6.37. The van der Waals surface area contributed by atoms with Gasteiger partial charge in [0, 0.05) is 6.42 Å². The number of nitrogens with zero attached hydrogens (tertiary/aromatic N) is 5. The normalized spacial score (nSPS) is 11.9. The SMILES string of the molecule is COc1cccc(OC)c1-n1c(NS(=O)(=O)CCc2ncc(F)cn2)nnc1-c1ccc(C(F)(F)F)o1. The van der Waals surface area contributed by atoms with Crippen LogP contribution in [-0.2, 0) is 22.6 Å². The van der Waals surface area contributed by atoms with E-state index in [1.165, 1.54) is 26.4 Å². The number of benzene rings is 1. The van der Waals surface area contributed by atoms with Gasteiger partial charge in [-0.1, -0.05) is 6.07 Å². The molecule has 0 aliphatic carbocycles. The summed E-state index contributed by atoms with van der Waals surface area (Å²) in [6.45, 7) is 0. The number of methoxy groups -OCH3 is 2. The van der Waals surface area contributed by atoms with Crippen LogP contribution in [0.3, 0.4) is 0 Å². The Balaban J connectivity index is 1.78. The smallest absolute Gasteiger partial charge is 0.449 e. The van der Waals surface area contributed by atoms with E-state index in [0.29, 0.717) is 6.07 Å². The summed E-state index contributed by atoms with van der Waals surface area (Å²) < 4.78 is 97.2. The van der Waals surface area contributed by atoms with Crippen molar-refractivity contribution in [1.82, 2.24) is 24.7 Å². The third-order valence-electron chi connectivity index (χ3n) is 4.91. The Morgan fingerprint density at radius 3 is 2.24 bits per heavy atom. The van der Waals surface area contributed by atoms with Crippen LogP contribution in [0.15, 0.2) is 47.1 Å². The van der Waals surface area contributed by atoms with Crippen molar-refractivity contribution in [2.75, 3.05) is 24.7 Å². The number of hydrogen-bond acceptors (Lipinski definition) is 9. The van der Waals surface area contributed by atoms with Gasteiger partial charge in [-0.3, -0.25) is 9.29 Å². The Hall–Kier alpha value is -4.21. The summed E-state index contributed by atoms with van der Waals surface area (Å²) in [7, 11) is -1.47. The lowest BCUT2D eigenvalue weighted by atomic mass is 10.2. The first-order valence-corrected chi connectivity index (χ1v) is 12.0. The van der Waals surface area contributed by atoms with Crippen molar-refractivity contribution in [3.63, 3.8) is 0 Å². The summed E-state index contributed by atoms with van der Waals surface area (Å²) in [5.41, 5.74) is 0.0945. The molecule has 0 unspecified atom stereocenters. The lowest BCUT2D eigenvalue weighted by Crippen LogP contribution is -2.21. The molecule has 0 atom stereocenters. The lowest BCUT2D eigenvalue weighted by Gasteiger charge is -2.17. The van der Waals surface area contributed by atoms with Gasteiger partial charge in [-0.2, -0.15) is 13.2 Å². The standard InChI is InChI=1S/C21H18F4N6O5S/c1-34-13-4-3-5-14(35-2)18(13)31-19(15-6-7-16(36-15)21(23,24)25)28-29-20(31)30-37(32,33)9-8-17-26-10-12(22)11-27-17/h3-7,10-11H,8-9H2,1-2H3,(H,29,30). The van der Waals surface area contributed by atoms with Gasteiger partial charge < -0.3 is 13.9 Å². The van der Waals surface area contributed by atoms with Crippen molar-refractivity contribution in [1.29, 1.82) is 0 Å². The minimum Gasteiger partial charge on any atom is -0.494 e. The van der Waals surface area contributed by atoms with Gasteiger partial charge in [0.1, 0.15) is 23.0 Å². The molecule has 1 N–H and O–H groups in total. The molecule has 16 heteroatoms. The second kappa shape index (κ2) is 10.0. The predicted molar refractivity (Wildman–Crippen MR) is 120 cm³/mol. The summed E-state index contributed by atoms with van der Waals surface area (Å²) >= 11 is 0. The van der Waals surface area contributed by atoms with Gasteiger partial charge in [-0.25, -0.2) is 22.8 Å². The Kier molecular flexibility index (Phi) is 7.02. The van der Waals surface area contributed by atoms with Crippen LogP contribution in [0, 0.1) is 5.82 Å². The van der Waals surface area contributed by atoms with Crippen LogP contribution in [0.25, 0.3) is 17.3 Å². The molecule has 0 fully saturated rings. The highest BCUT2D eigenvalue weighted by molar-refractivity contribution is 7.92. The Labute approximate surface area is 207 Å². The van der Waals surface area contributed by atoms with Crippen LogP contribution in [-0.4, -0.2) is 53.1 Å². The maximum atomic E-state index is 13.2. The molecule has 4 aromatic rings. The number of para-hydroxylation sites is 1. The lowest BCUT2D eigenvalue weighted by molar-refractivity contribution is -0.152. The highest BCUT2D eigenvalue weighted by atomic mass is 32.2. The number of halogens is 4. The molecule has 0 bridgehead atoms. The van der Waals surface area contributed by atoms with E-state index in [2.05, 4.69) is 24.9 Å². The topological polar surface area (TPSA) is 134 Å². The highest BCUT2D eigenvalue weighted by Gasteiger charge is 2.36. The summed E-state index contributed by atoms with van der Waals surface area (Å²) in [5, 5.41) is 7.70. The Bertz CT molecular complexity index is 1480. The number of alkyl halides is 3. The largest absolute Gasteiger partial charge is 0.494 e. The van der Waals surface area contributed by atoms with Gasteiger partial charge in [0.25, 0.3) is 0 Å². The molecule has 0 aliphatic heterocycles. The van der Waals surface area contributed by atoms with Gasteiger partial charge in [-0.15, -0.1) is 10.2 Å². The molecule has 0 saturated carbocycles. The predicted octanol–water partition coefficient (Wildman–Crippen LogP) is 3.48. The van der Waals surface area contributed by atoms with Crippen molar-refractivity contribution in [3.8, 4) is 28.8 Å². The third kappa shape index (κ3) is 5.63. The number of rotatable bonds is 9. The number of sulfonamides is 1. The van der Waals surface area contributed by atoms with Crippen LogP contribution < -0.4 is 14.2 Å². The number of aryl methyl sites for hydroxylation is 1. The fourth-order valence-electron chi connectivity index (χ4n) is 3.27. The Morgan fingerprint density at radius 1 is 1.03 bits per heavy atom. The van der Waals surface area contributed by atoms with Gasteiger partial charge in [-0.05, 0) is 24.3 Å². The van der Waals surface area contributed by atoms with E-state index < -0.39 is 33.5 Å². The van der Waals surface area contributed by atoms with Crippen molar-refractivity contribution in [3.05, 3.63) is 60.1 Å². The van der Waals surface area contributed by atoms with Crippen LogP contribution >= 0.6 is 0 Å². The molecule has 37 heavy (non-hydrogen) atoms. The minimum atomic E-state index is -4.77. The Morgan fingerprint density at radius 2 is 1.68 bits per heavy atom. The number of nitrogens with one attached hydrogen (secondary N) is 1. The number of anilines is 1. The van der Waals surface area contributed by atoms with Crippen LogP contribution in [0.4, 0.5) is 23.5 Å². The zero-order chi connectivity index (χ0) is 26.8. The first-order chi connectivity index (χ1) is 17.5. The molecule has 11 nitrogen and oxygen atoms in total. The van der Waals surface area contributed by atoms with Crippen molar-refractivity contribution < 1.29 is 39.9 Å². The minimum absolute atomic E-state index is 0.0793. The van der Waals surface area contributed by atoms with E-state index in [1.807, 2.05) is 0 Å².